The van der Waals surface area contributed by atoms with E-state index in [0.717, 1.165) is 36.3 Å². The van der Waals surface area contributed by atoms with Gasteiger partial charge in [0.2, 0.25) is 5.91 Å². The number of hydrogen-bond acceptors (Lipinski definition) is 3. The van der Waals surface area contributed by atoms with E-state index < -0.39 is 5.97 Å². The summed E-state index contributed by atoms with van der Waals surface area (Å²) in [6.07, 6.45) is 3.79. The number of benzene rings is 2. The van der Waals surface area contributed by atoms with Crippen LogP contribution in [0.2, 0.25) is 0 Å². The van der Waals surface area contributed by atoms with Crippen LogP contribution in [0.5, 0.6) is 5.75 Å². The number of anilines is 1. The molecule has 0 fully saturated rings. The molecule has 5 nitrogen and oxygen atoms in total. The van der Waals surface area contributed by atoms with Crippen LogP contribution in [0.3, 0.4) is 0 Å². The zero-order valence-electron chi connectivity index (χ0n) is 14.8. The lowest BCUT2D eigenvalue weighted by Gasteiger charge is -2.08. The standard InChI is InChI=1S/C21H25NO4/c23-20(10-6-1-2-7-11-21(24)25)22-18-12-14-19(15-13-18)26-16-17-8-4-3-5-9-17/h3-5,8-9,12-15H,1-2,6-7,10-11,16H2,(H,22,23)(H,24,25). The van der Waals surface area contributed by atoms with Gasteiger partial charge in [-0.25, -0.2) is 0 Å². The molecule has 0 saturated carbocycles. The van der Waals surface area contributed by atoms with Gasteiger partial charge < -0.3 is 15.2 Å². The number of unbranched alkanes of at least 4 members (excludes halogenated alkanes) is 3. The van der Waals surface area contributed by atoms with Crippen molar-refractivity contribution in [2.24, 2.45) is 0 Å². The summed E-state index contributed by atoms with van der Waals surface area (Å²) in [5, 5.41) is 11.4. The third-order valence-corrected chi connectivity index (χ3v) is 3.93. The fourth-order valence-corrected chi connectivity index (χ4v) is 2.51. The van der Waals surface area contributed by atoms with E-state index in [9.17, 15) is 9.59 Å². The Morgan fingerprint density at radius 3 is 2.15 bits per heavy atom. The summed E-state index contributed by atoms with van der Waals surface area (Å²) < 4.78 is 5.72. The van der Waals surface area contributed by atoms with Crippen molar-refractivity contribution in [2.75, 3.05) is 5.32 Å². The largest absolute Gasteiger partial charge is 0.489 e. The van der Waals surface area contributed by atoms with Gasteiger partial charge in [0, 0.05) is 18.5 Å². The summed E-state index contributed by atoms with van der Waals surface area (Å²) in [5.41, 5.74) is 1.85. The van der Waals surface area contributed by atoms with Crippen LogP contribution in [0.15, 0.2) is 54.6 Å². The van der Waals surface area contributed by atoms with Gasteiger partial charge in [-0.2, -0.15) is 0 Å². The summed E-state index contributed by atoms with van der Waals surface area (Å²) in [7, 11) is 0. The minimum absolute atomic E-state index is 0.0267. The molecular formula is C21H25NO4. The molecule has 0 aliphatic rings. The molecule has 138 valence electrons. The molecule has 2 aromatic rings. The number of amides is 1. The second-order valence-corrected chi connectivity index (χ2v) is 6.15. The van der Waals surface area contributed by atoms with Gasteiger partial charge >= 0.3 is 5.97 Å². The fraction of sp³-hybridized carbons (Fsp3) is 0.333. The van der Waals surface area contributed by atoms with Gasteiger partial charge in [0.15, 0.2) is 0 Å². The monoisotopic (exact) mass is 355 g/mol. The van der Waals surface area contributed by atoms with E-state index in [1.807, 2.05) is 54.6 Å². The third kappa shape index (κ3) is 7.83. The molecule has 0 bridgehead atoms. The van der Waals surface area contributed by atoms with E-state index in [2.05, 4.69) is 5.32 Å². The molecule has 0 saturated heterocycles. The van der Waals surface area contributed by atoms with E-state index >= 15 is 0 Å². The Labute approximate surface area is 154 Å². The van der Waals surface area contributed by atoms with Crippen LogP contribution in [0.1, 0.15) is 44.1 Å². The highest BCUT2D eigenvalue weighted by Gasteiger charge is 2.04. The van der Waals surface area contributed by atoms with Crippen molar-refractivity contribution in [3.05, 3.63) is 60.2 Å². The number of ether oxygens (including phenoxy) is 1. The maximum absolute atomic E-state index is 11.9. The van der Waals surface area contributed by atoms with Crippen LogP contribution < -0.4 is 10.1 Å². The molecule has 0 heterocycles. The number of carbonyl (C=O) groups excluding carboxylic acids is 1. The van der Waals surface area contributed by atoms with Crippen molar-refractivity contribution >= 4 is 17.6 Å². The second kappa shape index (κ2) is 10.9. The van der Waals surface area contributed by atoms with E-state index in [0.29, 0.717) is 19.4 Å². The van der Waals surface area contributed by atoms with Gasteiger partial charge in [0.05, 0.1) is 0 Å². The summed E-state index contributed by atoms with van der Waals surface area (Å²) in [5.74, 6) is -0.0367. The normalized spacial score (nSPS) is 10.3. The lowest BCUT2D eigenvalue weighted by molar-refractivity contribution is -0.137. The number of carbonyl (C=O) groups is 2. The number of carboxylic acids is 1. The number of carboxylic acid groups (broad SMARTS) is 1. The number of aliphatic carboxylic acids is 1. The van der Waals surface area contributed by atoms with Crippen molar-refractivity contribution < 1.29 is 19.4 Å². The van der Waals surface area contributed by atoms with Crippen molar-refractivity contribution in [1.29, 1.82) is 0 Å². The molecule has 2 rings (SSSR count). The molecule has 0 radical (unpaired) electrons. The Balaban J connectivity index is 1.64. The van der Waals surface area contributed by atoms with Crippen molar-refractivity contribution in [1.82, 2.24) is 0 Å². The molecule has 0 aliphatic carbocycles. The fourth-order valence-electron chi connectivity index (χ4n) is 2.51. The lowest BCUT2D eigenvalue weighted by Crippen LogP contribution is -2.11. The third-order valence-electron chi connectivity index (χ3n) is 3.93. The van der Waals surface area contributed by atoms with Crippen molar-refractivity contribution in [3.8, 4) is 5.75 Å². The molecule has 0 atom stereocenters. The van der Waals surface area contributed by atoms with Crippen LogP contribution in [0.4, 0.5) is 5.69 Å². The molecular weight excluding hydrogens is 330 g/mol. The van der Waals surface area contributed by atoms with E-state index in [1.54, 1.807) is 0 Å². The summed E-state index contributed by atoms with van der Waals surface area (Å²) in [4.78, 5) is 22.3. The minimum atomic E-state index is -0.765. The van der Waals surface area contributed by atoms with Crippen LogP contribution in [-0.2, 0) is 16.2 Å². The first-order chi connectivity index (χ1) is 12.6. The van der Waals surface area contributed by atoms with Crippen molar-refractivity contribution in [2.45, 2.75) is 45.1 Å². The maximum Gasteiger partial charge on any atom is 0.303 e. The van der Waals surface area contributed by atoms with Crippen LogP contribution in [0, 0.1) is 0 Å². The van der Waals surface area contributed by atoms with Gasteiger partial charge in [-0.15, -0.1) is 0 Å². The average molecular weight is 355 g/mol. The molecule has 2 N–H and O–H groups in total. The average Bonchev–Trinajstić information content (AvgIpc) is 2.64. The highest BCUT2D eigenvalue weighted by Crippen LogP contribution is 2.17. The Hall–Kier alpha value is -2.82. The summed E-state index contributed by atoms with van der Waals surface area (Å²) in [6, 6.07) is 17.3. The first-order valence-corrected chi connectivity index (χ1v) is 8.92. The van der Waals surface area contributed by atoms with Gasteiger partial charge in [0.25, 0.3) is 0 Å². The molecule has 26 heavy (non-hydrogen) atoms. The maximum atomic E-state index is 11.9. The quantitative estimate of drug-likeness (QED) is 0.576. The number of hydrogen-bond donors (Lipinski definition) is 2. The van der Waals surface area contributed by atoms with Gasteiger partial charge in [-0.1, -0.05) is 43.2 Å². The van der Waals surface area contributed by atoms with E-state index in [4.69, 9.17) is 9.84 Å². The summed E-state index contributed by atoms with van der Waals surface area (Å²) in [6.45, 7) is 0.508. The Morgan fingerprint density at radius 2 is 1.50 bits per heavy atom. The van der Waals surface area contributed by atoms with Crippen molar-refractivity contribution in [3.63, 3.8) is 0 Å². The Kier molecular flexibility index (Phi) is 8.19. The number of nitrogens with one attached hydrogen (secondary N) is 1. The smallest absolute Gasteiger partial charge is 0.303 e. The Morgan fingerprint density at radius 1 is 0.846 bits per heavy atom. The van der Waals surface area contributed by atoms with Crippen LogP contribution in [-0.4, -0.2) is 17.0 Å². The predicted molar refractivity (Wildman–Crippen MR) is 101 cm³/mol. The molecule has 0 aliphatic heterocycles. The predicted octanol–water partition coefficient (Wildman–Crippen LogP) is 4.63. The topological polar surface area (TPSA) is 75.6 Å². The zero-order valence-corrected chi connectivity index (χ0v) is 14.8. The molecule has 0 aromatic heterocycles. The highest BCUT2D eigenvalue weighted by atomic mass is 16.5. The minimum Gasteiger partial charge on any atom is -0.489 e. The molecule has 5 heteroatoms. The molecule has 0 unspecified atom stereocenters. The molecule has 0 spiro atoms. The van der Waals surface area contributed by atoms with Gasteiger partial charge in [-0.05, 0) is 42.7 Å². The molecule has 1 amide bonds. The SMILES string of the molecule is O=C(O)CCCCCCC(=O)Nc1ccc(OCc2ccccc2)cc1. The van der Waals surface area contributed by atoms with Gasteiger partial charge in [0.1, 0.15) is 12.4 Å². The zero-order chi connectivity index (χ0) is 18.6. The van der Waals surface area contributed by atoms with E-state index in [-0.39, 0.29) is 12.3 Å². The van der Waals surface area contributed by atoms with Gasteiger partial charge in [-0.3, -0.25) is 9.59 Å². The lowest BCUT2D eigenvalue weighted by atomic mass is 10.1. The van der Waals surface area contributed by atoms with Crippen LogP contribution in [0.25, 0.3) is 0 Å². The van der Waals surface area contributed by atoms with Crippen LogP contribution >= 0.6 is 0 Å². The highest BCUT2D eigenvalue weighted by molar-refractivity contribution is 5.90. The first kappa shape index (κ1) is 19.5. The second-order valence-electron chi connectivity index (χ2n) is 6.15. The number of rotatable bonds is 11. The molecule has 2 aromatic carbocycles. The summed E-state index contributed by atoms with van der Waals surface area (Å²) >= 11 is 0. The first-order valence-electron chi connectivity index (χ1n) is 8.92. The Bertz CT molecular complexity index is 683. The van der Waals surface area contributed by atoms with E-state index in [1.165, 1.54) is 0 Å².